The maximum absolute atomic E-state index is 13.5. The average molecular weight is 455 g/mol. The topological polar surface area (TPSA) is 49.9 Å². The molecule has 0 unspecified atom stereocenters. The highest BCUT2D eigenvalue weighted by Gasteiger charge is 2.35. The Morgan fingerprint density at radius 2 is 1.88 bits per heavy atom. The molecule has 2 heterocycles. The molecule has 172 valence electrons. The number of benzene rings is 1. The van der Waals surface area contributed by atoms with Crippen LogP contribution in [0.4, 0.5) is 0 Å². The normalized spacial score (nSPS) is 18.6. The molecule has 1 atom stereocenters. The second kappa shape index (κ2) is 10.1. The first-order valence-electron chi connectivity index (χ1n) is 11.8. The van der Waals surface area contributed by atoms with Crippen LogP contribution in [-0.2, 0) is 16.0 Å². The van der Waals surface area contributed by atoms with E-state index in [0.29, 0.717) is 13.2 Å². The zero-order valence-electron chi connectivity index (χ0n) is 19.4. The lowest BCUT2D eigenvalue weighted by atomic mass is 10.00. The Hall–Kier alpha value is -2.34. The van der Waals surface area contributed by atoms with Crippen molar-refractivity contribution in [2.75, 3.05) is 19.7 Å². The first kappa shape index (κ1) is 22.8. The summed E-state index contributed by atoms with van der Waals surface area (Å²) in [6.07, 6.45) is 4.98. The van der Waals surface area contributed by atoms with Crippen LogP contribution in [0.1, 0.15) is 61.6 Å². The molecule has 1 aliphatic heterocycles. The molecule has 1 aromatic heterocycles. The lowest BCUT2D eigenvalue weighted by molar-refractivity contribution is -0.146. The van der Waals surface area contributed by atoms with Crippen molar-refractivity contribution in [3.05, 3.63) is 51.7 Å². The molecule has 1 aliphatic carbocycles. The van der Waals surface area contributed by atoms with Crippen LogP contribution in [0.25, 0.3) is 0 Å². The summed E-state index contributed by atoms with van der Waals surface area (Å²) in [5, 5.41) is 2.10. The molecular weight excluding hydrogens is 420 g/mol. The van der Waals surface area contributed by atoms with E-state index < -0.39 is 0 Å². The van der Waals surface area contributed by atoms with Crippen molar-refractivity contribution in [3.63, 3.8) is 0 Å². The number of aryl methyl sites for hydroxylation is 1. The van der Waals surface area contributed by atoms with Crippen LogP contribution in [-0.4, -0.2) is 47.4 Å². The number of hydrogen-bond acceptors (Lipinski definition) is 4. The third kappa shape index (κ3) is 5.01. The Morgan fingerprint density at radius 3 is 2.56 bits per heavy atom. The van der Waals surface area contributed by atoms with Crippen LogP contribution >= 0.6 is 11.3 Å². The highest BCUT2D eigenvalue weighted by molar-refractivity contribution is 7.10. The van der Waals surface area contributed by atoms with Crippen molar-refractivity contribution in [3.8, 4) is 5.75 Å². The summed E-state index contributed by atoms with van der Waals surface area (Å²) in [5.41, 5.74) is 2.37. The quantitative estimate of drug-likeness (QED) is 0.592. The van der Waals surface area contributed by atoms with Crippen LogP contribution in [0.2, 0.25) is 0 Å². The monoisotopic (exact) mass is 454 g/mol. The molecule has 6 heteroatoms. The number of nitrogens with zero attached hydrogens (tertiary/aromatic N) is 2. The van der Waals surface area contributed by atoms with Crippen molar-refractivity contribution >= 4 is 23.2 Å². The van der Waals surface area contributed by atoms with Gasteiger partial charge in [0.1, 0.15) is 18.9 Å². The molecule has 0 radical (unpaired) electrons. The van der Waals surface area contributed by atoms with Gasteiger partial charge < -0.3 is 14.5 Å². The van der Waals surface area contributed by atoms with E-state index in [2.05, 4.69) is 18.4 Å². The molecule has 1 saturated carbocycles. The predicted octanol–water partition coefficient (Wildman–Crippen LogP) is 4.99. The zero-order valence-corrected chi connectivity index (χ0v) is 20.2. The van der Waals surface area contributed by atoms with E-state index in [1.807, 2.05) is 43.0 Å². The number of hydrogen-bond donors (Lipinski definition) is 0. The van der Waals surface area contributed by atoms with Gasteiger partial charge in [-0.3, -0.25) is 9.59 Å². The average Bonchev–Trinajstić information content (AvgIpc) is 3.48. The first-order chi connectivity index (χ1) is 15.4. The van der Waals surface area contributed by atoms with Gasteiger partial charge in [-0.1, -0.05) is 30.5 Å². The van der Waals surface area contributed by atoms with Crippen LogP contribution in [0, 0.1) is 12.8 Å². The van der Waals surface area contributed by atoms with Crippen molar-refractivity contribution < 1.29 is 14.3 Å². The van der Waals surface area contributed by atoms with Crippen LogP contribution < -0.4 is 4.74 Å². The summed E-state index contributed by atoms with van der Waals surface area (Å²) < 4.78 is 6.12. The first-order valence-corrected chi connectivity index (χ1v) is 12.7. The minimum absolute atomic E-state index is 0.0100. The minimum atomic E-state index is -0.130. The van der Waals surface area contributed by atoms with Crippen LogP contribution in [0.5, 0.6) is 5.75 Å². The SMILES string of the molecule is Cc1ccc(OC[C@H]2c3ccsc3CCN2C(=O)CN(C(=O)C2CCCC2)C(C)C)cc1. The Bertz CT molecular complexity index is 931. The smallest absolute Gasteiger partial charge is 0.242 e. The second-order valence-corrected chi connectivity index (χ2v) is 10.3. The van der Waals surface area contributed by atoms with Gasteiger partial charge in [-0.25, -0.2) is 0 Å². The molecule has 0 spiro atoms. The van der Waals surface area contributed by atoms with E-state index in [1.54, 1.807) is 16.2 Å². The highest BCUT2D eigenvalue weighted by atomic mass is 32.1. The summed E-state index contributed by atoms with van der Waals surface area (Å²) in [4.78, 5) is 31.7. The summed E-state index contributed by atoms with van der Waals surface area (Å²) >= 11 is 1.75. The largest absolute Gasteiger partial charge is 0.491 e. The maximum atomic E-state index is 13.5. The van der Waals surface area contributed by atoms with Crippen molar-refractivity contribution in [1.29, 1.82) is 0 Å². The molecule has 2 amide bonds. The van der Waals surface area contributed by atoms with Gasteiger partial charge in [0.05, 0.1) is 6.04 Å². The minimum Gasteiger partial charge on any atom is -0.491 e. The van der Waals surface area contributed by atoms with Crippen molar-refractivity contribution in [2.24, 2.45) is 5.92 Å². The van der Waals surface area contributed by atoms with Gasteiger partial charge >= 0.3 is 0 Å². The number of thiophene rings is 1. The number of rotatable bonds is 7. The van der Waals surface area contributed by atoms with Crippen LogP contribution in [0.15, 0.2) is 35.7 Å². The summed E-state index contributed by atoms with van der Waals surface area (Å²) in [6.45, 7) is 7.29. The molecule has 2 aromatic rings. The Balaban J connectivity index is 1.49. The molecule has 1 aromatic carbocycles. The third-order valence-electron chi connectivity index (χ3n) is 6.76. The van der Waals surface area contributed by atoms with Crippen LogP contribution in [0.3, 0.4) is 0 Å². The summed E-state index contributed by atoms with van der Waals surface area (Å²) in [6, 6.07) is 10.0. The van der Waals surface area contributed by atoms with Gasteiger partial charge in [0.25, 0.3) is 0 Å². The number of amides is 2. The summed E-state index contributed by atoms with van der Waals surface area (Å²) in [5.74, 6) is 1.05. The van der Waals surface area contributed by atoms with Gasteiger partial charge in [0.2, 0.25) is 11.8 Å². The fourth-order valence-corrected chi connectivity index (χ4v) is 5.77. The fourth-order valence-electron chi connectivity index (χ4n) is 4.84. The molecule has 0 N–H and O–H groups in total. The van der Waals surface area contributed by atoms with E-state index in [-0.39, 0.29) is 36.4 Å². The number of carbonyl (C=O) groups excluding carboxylic acids is 2. The third-order valence-corrected chi connectivity index (χ3v) is 7.76. The molecule has 0 saturated heterocycles. The van der Waals surface area contributed by atoms with E-state index in [0.717, 1.165) is 37.9 Å². The zero-order chi connectivity index (χ0) is 22.7. The molecular formula is C26H34N2O3S. The molecule has 4 rings (SSSR count). The van der Waals surface area contributed by atoms with E-state index >= 15 is 0 Å². The van der Waals surface area contributed by atoms with Gasteiger partial charge in [0, 0.05) is 23.4 Å². The highest BCUT2D eigenvalue weighted by Crippen LogP contribution is 2.34. The summed E-state index contributed by atoms with van der Waals surface area (Å²) in [7, 11) is 0. The maximum Gasteiger partial charge on any atom is 0.242 e. The van der Waals surface area contributed by atoms with E-state index in [1.165, 1.54) is 16.0 Å². The van der Waals surface area contributed by atoms with E-state index in [4.69, 9.17) is 4.74 Å². The Labute approximate surface area is 195 Å². The number of ether oxygens (including phenoxy) is 1. The standard InChI is InChI=1S/C26H34N2O3S/c1-18(2)28(26(30)20-6-4-5-7-20)16-25(29)27-14-12-24-22(13-15-32-24)23(27)17-31-21-10-8-19(3)9-11-21/h8-11,13,15,18,20,23H,4-7,12,14,16-17H2,1-3H3/t23-/m0/s1. The van der Waals surface area contributed by atoms with Gasteiger partial charge in [0.15, 0.2) is 0 Å². The number of fused-ring (bicyclic) bond motifs is 1. The lowest BCUT2D eigenvalue weighted by Crippen LogP contribution is -2.50. The van der Waals surface area contributed by atoms with Crippen molar-refractivity contribution in [1.82, 2.24) is 9.80 Å². The molecule has 5 nitrogen and oxygen atoms in total. The second-order valence-electron chi connectivity index (χ2n) is 9.32. The Morgan fingerprint density at radius 1 is 1.16 bits per heavy atom. The van der Waals surface area contributed by atoms with Crippen molar-refractivity contribution in [2.45, 2.75) is 65.0 Å². The molecule has 32 heavy (non-hydrogen) atoms. The predicted molar refractivity (Wildman–Crippen MR) is 128 cm³/mol. The van der Waals surface area contributed by atoms with Gasteiger partial charge in [-0.2, -0.15) is 0 Å². The van der Waals surface area contributed by atoms with Gasteiger partial charge in [-0.05, 0) is 69.2 Å². The van der Waals surface area contributed by atoms with Gasteiger partial charge in [-0.15, -0.1) is 11.3 Å². The fraction of sp³-hybridized carbons (Fsp3) is 0.538. The molecule has 1 fully saturated rings. The molecule has 0 bridgehead atoms. The molecule has 2 aliphatic rings. The Kier molecular flexibility index (Phi) is 7.19. The van der Waals surface area contributed by atoms with E-state index in [9.17, 15) is 9.59 Å². The number of carbonyl (C=O) groups is 2. The lowest BCUT2D eigenvalue weighted by Gasteiger charge is -2.38.